The Bertz CT molecular complexity index is 3510. The van der Waals surface area contributed by atoms with E-state index in [9.17, 15) is 0 Å². The largest absolute Gasteiger partial charge is 0.309 e. The van der Waals surface area contributed by atoms with Crippen LogP contribution in [-0.2, 0) is 5.41 Å². The molecule has 2 aliphatic carbocycles. The van der Waals surface area contributed by atoms with Gasteiger partial charge in [0.25, 0.3) is 0 Å². The third kappa shape index (κ3) is 5.35. The van der Waals surface area contributed by atoms with Crippen molar-refractivity contribution in [3.63, 3.8) is 0 Å². The lowest BCUT2D eigenvalue weighted by Gasteiger charge is -2.27. The number of hydrogen-bond donors (Lipinski definition) is 0. The molecule has 0 N–H and O–H groups in total. The molecule has 0 amide bonds. The van der Waals surface area contributed by atoms with Gasteiger partial charge in [-0.2, -0.15) is 0 Å². The summed E-state index contributed by atoms with van der Waals surface area (Å²) in [5.74, 6) is 0. The third-order valence-electron chi connectivity index (χ3n) is 14.0. The van der Waals surface area contributed by atoms with E-state index in [4.69, 9.17) is 0 Å². The van der Waals surface area contributed by atoms with Crippen LogP contribution in [0, 0.1) is 0 Å². The number of para-hydroxylation sites is 2. The van der Waals surface area contributed by atoms with Crippen molar-refractivity contribution < 1.29 is 0 Å². The number of aromatic nitrogens is 1. The average Bonchev–Trinajstić information content (AvgIpc) is 4.12. The van der Waals surface area contributed by atoms with Gasteiger partial charge >= 0.3 is 0 Å². The van der Waals surface area contributed by atoms with E-state index in [1.54, 1.807) is 0 Å². The molecule has 2 aliphatic rings. The highest BCUT2D eigenvalue weighted by Gasteiger charge is 2.44. The summed E-state index contributed by atoms with van der Waals surface area (Å²) in [6.45, 7) is 0. The predicted octanol–water partition coefficient (Wildman–Crippen LogP) is 16.8. The van der Waals surface area contributed by atoms with Gasteiger partial charge in [0.2, 0.25) is 0 Å². The van der Waals surface area contributed by atoms with E-state index < -0.39 is 0 Å². The SMILES string of the molecule is c1ccc(-n2c3ccccc3c3ccc(-c4ccc(N(c5ccc(-c6ccc7c(c6)C6(CCCC6)c6ccccc6-7)cc5)c5cccc6c5sc5ccccc56)cc4)cc32)cc1. The van der Waals surface area contributed by atoms with Crippen LogP contribution in [0.3, 0.4) is 0 Å². The molecule has 0 radical (unpaired) electrons. The van der Waals surface area contributed by atoms with E-state index in [2.05, 4.69) is 216 Å². The van der Waals surface area contributed by atoms with Crippen LogP contribution in [0.2, 0.25) is 0 Å². The molecule has 0 saturated heterocycles. The van der Waals surface area contributed by atoms with Crippen LogP contribution >= 0.6 is 11.3 Å². The van der Waals surface area contributed by atoms with Crippen molar-refractivity contribution >= 4 is 70.4 Å². The van der Waals surface area contributed by atoms with Gasteiger partial charge in [0.15, 0.2) is 0 Å². The summed E-state index contributed by atoms with van der Waals surface area (Å²) >= 11 is 1.88. The number of rotatable bonds is 6. The van der Waals surface area contributed by atoms with Gasteiger partial charge in [0.1, 0.15) is 0 Å². The molecule has 294 valence electrons. The van der Waals surface area contributed by atoms with Crippen molar-refractivity contribution in [2.75, 3.05) is 4.90 Å². The molecule has 1 fully saturated rings. The molecule has 2 heterocycles. The summed E-state index contributed by atoms with van der Waals surface area (Å²) in [5, 5.41) is 5.13. The summed E-state index contributed by atoms with van der Waals surface area (Å²) in [4.78, 5) is 2.45. The third-order valence-corrected chi connectivity index (χ3v) is 15.2. The lowest BCUT2D eigenvalue weighted by Crippen LogP contribution is -2.20. The standard InChI is InChI=1S/C59H42N2S/c1-2-13-43(14-3-1)61-54-20-8-5-16-48(54)49-34-28-42(38-56(49)61)40-25-31-45(32-26-40)60(55-21-12-18-51-50-17-6-9-22-57(50)62-58(51)55)44-29-23-39(24-30-44)41-27-33-47-46-15-4-7-19-52(46)59(53(47)37-41)35-10-11-36-59/h1-9,12-34,37-38H,10-11,35-36H2. The van der Waals surface area contributed by atoms with E-state index in [1.165, 1.54) is 124 Å². The van der Waals surface area contributed by atoms with Gasteiger partial charge in [0.05, 0.1) is 21.4 Å². The number of benzene rings is 9. The Morgan fingerprint density at radius 2 is 1.02 bits per heavy atom. The Labute approximate surface area is 365 Å². The van der Waals surface area contributed by atoms with Gasteiger partial charge in [-0.25, -0.2) is 0 Å². The molecular formula is C59H42N2S. The fourth-order valence-electron chi connectivity index (χ4n) is 11.1. The maximum Gasteiger partial charge on any atom is 0.0640 e. The first-order valence-electron chi connectivity index (χ1n) is 22.0. The van der Waals surface area contributed by atoms with E-state index >= 15 is 0 Å². The second-order valence-electron chi connectivity index (χ2n) is 17.2. The number of nitrogens with zero attached hydrogens (tertiary/aromatic N) is 2. The fourth-order valence-corrected chi connectivity index (χ4v) is 12.3. The molecule has 3 heteroatoms. The Morgan fingerprint density at radius 3 is 1.81 bits per heavy atom. The quantitative estimate of drug-likeness (QED) is 0.162. The number of hydrogen-bond acceptors (Lipinski definition) is 2. The first-order valence-corrected chi connectivity index (χ1v) is 22.8. The van der Waals surface area contributed by atoms with Gasteiger partial charge in [-0.1, -0.05) is 152 Å². The molecular weight excluding hydrogens is 769 g/mol. The minimum Gasteiger partial charge on any atom is -0.309 e. The summed E-state index contributed by atoms with van der Waals surface area (Å²) in [7, 11) is 0. The maximum atomic E-state index is 2.51. The molecule has 11 aromatic rings. The van der Waals surface area contributed by atoms with Gasteiger partial charge in [-0.15, -0.1) is 11.3 Å². The van der Waals surface area contributed by atoms with Gasteiger partial charge in [-0.3, -0.25) is 0 Å². The molecule has 1 spiro atoms. The highest BCUT2D eigenvalue weighted by molar-refractivity contribution is 7.26. The number of anilines is 3. The van der Waals surface area contributed by atoms with Crippen molar-refractivity contribution in [3.8, 4) is 39.1 Å². The summed E-state index contributed by atoms with van der Waals surface area (Å²) in [6.07, 6.45) is 5.07. The predicted molar refractivity (Wildman–Crippen MR) is 264 cm³/mol. The summed E-state index contributed by atoms with van der Waals surface area (Å²) < 4.78 is 5.00. The van der Waals surface area contributed by atoms with Crippen molar-refractivity contribution in [1.29, 1.82) is 0 Å². The van der Waals surface area contributed by atoms with Crippen molar-refractivity contribution in [3.05, 3.63) is 217 Å². The Kier molecular flexibility index (Phi) is 7.98. The zero-order chi connectivity index (χ0) is 40.8. The molecule has 0 unspecified atom stereocenters. The Hall–Kier alpha value is -7.20. The van der Waals surface area contributed by atoms with Gasteiger partial charge < -0.3 is 9.47 Å². The second-order valence-corrected chi connectivity index (χ2v) is 18.2. The van der Waals surface area contributed by atoms with Crippen LogP contribution in [0.5, 0.6) is 0 Å². The molecule has 0 aliphatic heterocycles. The van der Waals surface area contributed by atoms with Crippen LogP contribution < -0.4 is 4.90 Å². The van der Waals surface area contributed by atoms with Crippen LogP contribution in [0.25, 0.3) is 81.0 Å². The molecule has 0 bridgehead atoms. The maximum absolute atomic E-state index is 2.51. The smallest absolute Gasteiger partial charge is 0.0640 e. The van der Waals surface area contributed by atoms with E-state index in [0.717, 1.165) is 11.4 Å². The highest BCUT2D eigenvalue weighted by atomic mass is 32.1. The summed E-state index contributed by atoms with van der Waals surface area (Å²) in [6, 6.07) is 76.8. The monoisotopic (exact) mass is 810 g/mol. The van der Waals surface area contributed by atoms with E-state index in [1.807, 2.05) is 11.3 Å². The van der Waals surface area contributed by atoms with Crippen molar-refractivity contribution in [2.45, 2.75) is 31.1 Å². The minimum atomic E-state index is 0.153. The minimum absolute atomic E-state index is 0.153. The molecule has 2 nitrogen and oxygen atoms in total. The zero-order valence-corrected chi connectivity index (χ0v) is 35.1. The lowest BCUT2D eigenvalue weighted by atomic mass is 9.76. The summed E-state index contributed by atoms with van der Waals surface area (Å²) in [5.41, 5.74) is 18.1. The molecule has 1 saturated carbocycles. The Balaban J connectivity index is 0.914. The molecule has 0 atom stereocenters. The molecule has 2 aromatic heterocycles. The number of fused-ring (bicyclic) bond motifs is 11. The number of thiophene rings is 1. The van der Waals surface area contributed by atoms with Crippen LogP contribution in [-0.4, -0.2) is 4.57 Å². The first kappa shape index (κ1) is 35.5. The molecule has 13 rings (SSSR count). The van der Waals surface area contributed by atoms with Crippen LogP contribution in [0.1, 0.15) is 36.8 Å². The molecule has 62 heavy (non-hydrogen) atoms. The average molecular weight is 811 g/mol. The van der Waals surface area contributed by atoms with Gasteiger partial charge in [-0.05, 0) is 124 Å². The van der Waals surface area contributed by atoms with Crippen LogP contribution in [0.15, 0.2) is 206 Å². The topological polar surface area (TPSA) is 8.17 Å². The second kappa shape index (κ2) is 13.9. The Morgan fingerprint density at radius 1 is 0.419 bits per heavy atom. The normalized spacial score (nSPS) is 14.0. The first-order chi connectivity index (χ1) is 30.7. The van der Waals surface area contributed by atoms with Gasteiger partial charge in [0, 0.05) is 48.7 Å². The van der Waals surface area contributed by atoms with Crippen LogP contribution in [0.4, 0.5) is 17.1 Å². The molecule has 9 aromatic carbocycles. The van der Waals surface area contributed by atoms with Crippen molar-refractivity contribution in [2.24, 2.45) is 0 Å². The zero-order valence-electron chi connectivity index (χ0n) is 34.3. The van der Waals surface area contributed by atoms with E-state index in [0.29, 0.717) is 0 Å². The van der Waals surface area contributed by atoms with E-state index in [-0.39, 0.29) is 5.41 Å². The highest BCUT2D eigenvalue weighted by Crippen LogP contribution is 2.57. The lowest BCUT2D eigenvalue weighted by molar-refractivity contribution is 0.550. The fraction of sp³-hybridized carbons (Fsp3) is 0.0847. The van der Waals surface area contributed by atoms with Crippen molar-refractivity contribution in [1.82, 2.24) is 4.57 Å².